The van der Waals surface area contributed by atoms with Crippen molar-refractivity contribution in [3.05, 3.63) is 34.3 Å². The van der Waals surface area contributed by atoms with Crippen molar-refractivity contribution in [2.45, 2.75) is 12.3 Å². The van der Waals surface area contributed by atoms with Gasteiger partial charge in [0.25, 0.3) is 0 Å². The van der Waals surface area contributed by atoms with Crippen LogP contribution in [-0.4, -0.2) is 11.3 Å². The van der Waals surface area contributed by atoms with Crippen molar-refractivity contribution < 1.29 is 18.3 Å². The summed E-state index contributed by atoms with van der Waals surface area (Å²) in [4.78, 5) is 0. The number of hydrogen-bond acceptors (Lipinski definition) is 1. The molecular weight excluding hydrogens is 249 g/mol. The summed E-state index contributed by atoms with van der Waals surface area (Å²) in [5.41, 5.74) is -0.165. The highest BCUT2D eigenvalue weighted by atomic mass is 79.9. The number of alkyl halides is 3. The van der Waals surface area contributed by atoms with Gasteiger partial charge in [-0.1, -0.05) is 28.1 Å². The van der Waals surface area contributed by atoms with Crippen molar-refractivity contribution in [2.24, 2.45) is 0 Å². The van der Waals surface area contributed by atoms with E-state index < -0.39 is 12.3 Å². The van der Waals surface area contributed by atoms with Crippen molar-refractivity contribution in [3.63, 3.8) is 0 Å². The van der Waals surface area contributed by atoms with E-state index in [2.05, 4.69) is 15.9 Å². The fourth-order valence-corrected chi connectivity index (χ4v) is 1.28. The maximum absolute atomic E-state index is 12.0. The Morgan fingerprint density at radius 2 is 1.92 bits per heavy atom. The molecule has 72 valence electrons. The molecule has 0 aliphatic carbocycles. The summed E-state index contributed by atoms with van der Waals surface area (Å²) in [7, 11) is 0. The molecule has 1 aromatic rings. The van der Waals surface area contributed by atoms with E-state index in [4.69, 9.17) is 5.11 Å². The van der Waals surface area contributed by atoms with Gasteiger partial charge in [-0.25, -0.2) is 0 Å². The zero-order valence-electron chi connectivity index (χ0n) is 6.35. The predicted molar refractivity (Wildman–Crippen MR) is 45.2 cm³/mol. The minimum absolute atomic E-state index is 0.165. The minimum atomic E-state index is -4.61. The maximum Gasteiger partial charge on any atom is 0.418 e. The molecule has 0 radical (unpaired) electrons. The molecule has 13 heavy (non-hydrogen) atoms. The summed E-state index contributed by atoms with van der Waals surface area (Å²) >= 11 is 3.02. The number of halogens is 4. The zero-order chi connectivity index (χ0) is 10.1. The summed E-state index contributed by atoms with van der Waals surface area (Å²) in [5.74, 6) is 0. The molecule has 1 N–H and O–H groups in total. The first-order valence-corrected chi connectivity index (χ1v) is 4.21. The van der Waals surface area contributed by atoms with Gasteiger partial charge in [-0.15, -0.1) is 0 Å². The van der Waals surface area contributed by atoms with Crippen LogP contribution in [0.5, 0.6) is 0 Å². The highest BCUT2D eigenvalue weighted by molar-refractivity contribution is 9.10. The van der Waals surface area contributed by atoms with Crippen LogP contribution in [-0.2, 0) is 0 Å². The van der Waals surface area contributed by atoms with Crippen LogP contribution in [0.4, 0.5) is 13.2 Å². The summed E-state index contributed by atoms with van der Waals surface area (Å²) in [6, 6.07) is 5.49. The lowest BCUT2D eigenvalue weighted by atomic mass is 10.1. The second kappa shape index (κ2) is 3.67. The van der Waals surface area contributed by atoms with Crippen LogP contribution in [0.1, 0.15) is 11.7 Å². The van der Waals surface area contributed by atoms with Crippen LogP contribution in [0.3, 0.4) is 0 Å². The molecule has 5 heteroatoms. The normalized spacial score (nSPS) is 14.2. The van der Waals surface area contributed by atoms with Crippen molar-refractivity contribution >= 4 is 15.9 Å². The average Bonchev–Trinajstić information content (AvgIpc) is 2.01. The molecule has 1 aromatic carbocycles. The molecule has 0 amide bonds. The second-order valence-corrected chi connectivity index (χ2v) is 3.41. The molecule has 0 fully saturated rings. The molecule has 0 aliphatic rings. The average molecular weight is 255 g/mol. The van der Waals surface area contributed by atoms with Crippen molar-refractivity contribution in [1.82, 2.24) is 0 Å². The lowest BCUT2D eigenvalue weighted by molar-refractivity contribution is -0.206. The van der Waals surface area contributed by atoms with Crippen LogP contribution in [0, 0.1) is 0 Å². The van der Waals surface area contributed by atoms with Gasteiger partial charge in [0.1, 0.15) is 0 Å². The molecule has 0 spiro atoms. The topological polar surface area (TPSA) is 20.2 Å². The first-order chi connectivity index (χ1) is 5.91. The molecular formula is C8H6BrF3O. The summed E-state index contributed by atoms with van der Waals surface area (Å²) in [5, 5.41) is 8.84. The van der Waals surface area contributed by atoms with Gasteiger partial charge >= 0.3 is 6.18 Å². The van der Waals surface area contributed by atoms with Crippen LogP contribution >= 0.6 is 15.9 Å². The van der Waals surface area contributed by atoms with Crippen LogP contribution in [0.25, 0.3) is 0 Å². The molecule has 0 saturated carbocycles. The van der Waals surface area contributed by atoms with E-state index in [-0.39, 0.29) is 5.56 Å². The van der Waals surface area contributed by atoms with Gasteiger partial charge in [0, 0.05) is 4.47 Å². The lowest BCUT2D eigenvalue weighted by Crippen LogP contribution is -2.19. The molecule has 1 nitrogen and oxygen atoms in total. The second-order valence-electron chi connectivity index (χ2n) is 2.50. The third-order valence-electron chi connectivity index (χ3n) is 1.47. The van der Waals surface area contributed by atoms with E-state index in [0.29, 0.717) is 4.47 Å². The van der Waals surface area contributed by atoms with Gasteiger partial charge in [-0.2, -0.15) is 13.2 Å². The van der Waals surface area contributed by atoms with E-state index in [1.807, 2.05) is 0 Å². The molecule has 0 heterocycles. The molecule has 0 saturated heterocycles. The third-order valence-corrected chi connectivity index (χ3v) is 1.97. The summed E-state index contributed by atoms with van der Waals surface area (Å²) in [6.45, 7) is 0. The summed E-state index contributed by atoms with van der Waals surface area (Å²) in [6.07, 6.45) is -7.02. The van der Waals surface area contributed by atoms with Crippen LogP contribution < -0.4 is 0 Å². The van der Waals surface area contributed by atoms with Crippen LogP contribution in [0.15, 0.2) is 28.7 Å². The third kappa shape index (κ3) is 2.70. The fourth-order valence-electron chi connectivity index (χ4n) is 0.866. The monoisotopic (exact) mass is 254 g/mol. The van der Waals surface area contributed by atoms with Gasteiger partial charge < -0.3 is 5.11 Å². The van der Waals surface area contributed by atoms with Gasteiger partial charge in [0.15, 0.2) is 6.10 Å². The number of aliphatic hydroxyl groups excluding tert-OH is 1. The largest absolute Gasteiger partial charge is 0.418 e. The highest BCUT2D eigenvalue weighted by Gasteiger charge is 2.39. The smallest absolute Gasteiger partial charge is 0.379 e. The molecule has 1 rings (SSSR count). The fraction of sp³-hybridized carbons (Fsp3) is 0.250. The Balaban J connectivity index is 2.96. The standard InChI is InChI=1S/C8H6BrF3O/c9-6-3-1-2-5(4-6)7(13)8(10,11)12/h1-4,7,13H/t7-/m1/s1. The quantitative estimate of drug-likeness (QED) is 0.817. The minimum Gasteiger partial charge on any atom is -0.379 e. The van der Waals surface area contributed by atoms with Crippen molar-refractivity contribution in [1.29, 1.82) is 0 Å². The zero-order valence-corrected chi connectivity index (χ0v) is 7.93. The van der Waals surface area contributed by atoms with Gasteiger partial charge in [0.2, 0.25) is 0 Å². The first kappa shape index (κ1) is 10.5. The maximum atomic E-state index is 12.0. The highest BCUT2D eigenvalue weighted by Crippen LogP contribution is 2.33. The number of rotatable bonds is 1. The van der Waals surface area contributed by atoms with E-state index in [9.17, 15) is 13.2 Å². The Hall–Kier alpha value is -0.550. The Kier molecular flexibility index (Phi) is 2.98. The van der Waals surface area contributed by atoms with Gasteiger partial charge in [-0.05, 0) is 17.7 Å². The number of benzene rings is 1. The number of aliphatic hydroxyl groups is 1. The molecule has 0 bridgehead atoms. The van der Waals surface area contributed by atoms with Crippen molar-refractivity contribution in [3.8, 4) is 0 Å². The van der Waals surface area contributed by atoms with E-state index in [1.165, 1.54) is 18.2 Å². The molecule has 0 aromatic heterocycles. The van der Waals surface area contributed by atoms with E-state index >= 15 is 0 Å². The Morgan fingerprint density at radius 3 is 2.38 bits per heavy atom. The SMILES string of the molecule is O[C@H](c1cccc(Br)c1)C(F)(F)F. The Bertz CT molecular complexity index is 298. The molecule has 0 unspecified atom stereocenters. The predicted octanol–water partition coefficient (Wildman–Crippen LogP) is 3.04. The Morgan fingerprint density at radius 1 is 1.31 bits per heavy atom. The number of hydrogen-bond donors (Lipinski definition) is 1. The van der Waals surface area contributed by atoms with E-state index in [0.717, 1.165) is 0 Å². The van der Waals surface area contributed by atoms with Gasteiger partial charge in [0.05, 0.1) is 0 Å². The van der Waals surface area contributed by atoms with Crippen LogP contribution in [0.2, 0.25) is 0 Å². The Labute approximate surface area is 81.3 Å². The first-order valence-electron chi connectivity index (χ1n) is 3.41. The summed E-state index contributed by atoms with van der Waals surface area (Å²) < 4.78 is 36.5. The van der Waals surface area contributed by atoms with E-state index in [1.54, 1.807) is 6.07 Å². The molecule has 0 aliphatic heterocycles. The van der Waals surface area contributed by atoms with Gasteiger partial charge in [-0.3, -0.25) is 0 Å². The lowest BCUT2D eigenvalue weighted by Gasteiger charge is -2.14. The van der Waals surface area contributed by atoms with Crippen molar-refractivity contribution in [2.75, 3.05) is 0 Å². The molecule has 1 atom stereocenters.